The third-order valence-corrected chi connectivity index (χ3v) is 5.24. The van der Waals surface area contributed by atoms with Gasteiger partial charge in [0.15, 0.2) is 17.8 Å². The van der Waals surface area contributed by atoms with Crippen LogP contribution in [0.1, 0.15) is 11.7 Å². The molecule has 152 valence electrons. The van der Waals surface area contributed by atoms with E-state index in [1.807, 2.05) is 36.6 Å². The zero-order valence-electron chi connectivity index (χ0n) is 16.5. The summed E-state index contributed by atoms with van der Waals surface area (Å²) >= 11 is 3.16. The molecule has 0 spiro atoms. The number of rotatable bonds is 9. The Bertz CT molecular complexity index is 755. The molecule has 0 aliphatic heterocycles. The lowest BCUT2D eigenvalue weighted by Gasteiger charge is -2.11. The molecule has 2 N–H and O–H groups in total. The molecule has 0 aliphatic rings. The van der Waals surface area contributed by atoms with Gasteiger partial charge in [0.1, 0.15) is 6.10 Å². The van der Waals surface area contributed by atoms with Crippen molar-refractivity contribution >= 4 is 42.2 Å². The van der Waals surface area contributed by atoms with Gasteiger partial charge in [0.05, 0.1) is 19.9 Å². The first-order valence-electron chi connectivity index (χ1n) is 8.26. The topological polar surface area (TPSA) is 83.1 Å². The van der Waals surface area contributed by atoms with Gasteiger partial charge in [0.2, 0.25) is 0 Å². The van der Waals surface area contributed by atoms with Crippen molar-refractivity contribution in [2.45, 2.75) is 15.9 Å². The van der Waals surface area contributed by atoms with Crippen LogP contribution >= 0.6 is 23.5 Å². The molecule has 0 aromatic heterocycles. The summed E-state index contributed by atoms with van der Waals surface area (Å²) in [4.78, 5) is 16.6. The molecule has 28 heavy (non-hydrogen) atoms. The Labute approximate surface area is 174 Å². The highest BCUT2D eigenvalue weighted by molar-refractivity contribution is 7.99. The van der Waals surface area contributed by atoms with Crippen LogP contribution in [0.25, 0.3) is 0 Å². The van der Waals surface area contributed by atoms with E-state index in [2.05, 4.69) is 11.7 Å². The first-order chi connectivity index (χ1) is 13.6. The van der Waals surface area contributed by atoms with E-state index >= 15 is 0 Å². The van der Waals surface area contributed by atoms with Gasteiger partial charge in [-0.3, -0.25) is 4.99 Å². The fourth-order valence-electron chi connectivity index (χ4n) is 2.24. The quantitative estimate of drug-likeness (QED) is 0.278. The van der Waals surface area contributed by atoms with Crippen molar-refractivity contribution in [3.05, 3.63) is 42.0 Å². The monoisotopic (exact) mass is 422 g/mol. The number of ether oxygens (including phenoxy) is 3. The average Bonchev–Trinajstić information content (AvgIpc) is 2.75. The van der Waals surface area contributed by atoms with Gasteiger partial charge in [-0.25, -0.2) is 0 Å². The molecule has 2 aromatic carbocycles. The van der Waals surface area contributed by atoms with Gasteiger partial charge in [-0.05, 0) is 36.7 Å². The molecule has 0 heterocycles. The van der Waals surface area contributed by atoms with E-state index in [0.717, 1.165) is 22.4 Å². The molecule has 2 aromatic rings. The predicted molar refractivity (Wildman–Crippen MR) is 118 cm³/mol. The minimum atomic E-state index is -0.434. The molecule has 6 nitrogen and oxygen atoms in total. The number of hydrogen-bond donors (Lipinski definition) is 1. The van der Waals surface area contributed by atoms with Crippen molar-refractivity contribution < 1.29 is 19.0 Å². The Morgan fingerprint density at radius 1 is 1.14 bits per heavy atom. The molecular weight excluding hydrogens is 396 g/mol. The van der Waals surface area contributed by atoms with Gasteiger partial charge in [-0.2, -0.15) is 0 Å². The maximum atomic E-state index is 10.6. The summed E-state index contributed by atoms with van der Waals surface area (Å²) in [5.41, 5.74) is 7.13. The van der Waals surface area contributed by atoms with Gasteiger partial charge >= 0.3 is 0 Å². The molecule has 0 saturated carbocycles. The molecule has 0 radical (unpaired) electrons. The van der Waals surface area contributed by atoms with Gasteiger partial charge in [-0.15, -0.1) is 23.5 Å². The van der Waals surface area contributed by atoms with Crippen LogP contribution in [0.3, 0.4) is 0 Å². The second-order valence-electron chi connectivity index (χ2n) is 5.21. The van der Waals surface area contributed by atoms with Crippen molar-refractivity contribution in [1.29, 1.82) is 0 Å². The van der Waals surface area contributed by atoms with E-state index in [-0.39, 0.29) is 0 Å². The van der Waals surface area contributed by atoms with Crippen molar-refractivity contribution in [1.82, 2.24) is 0 Å². The molecule has 1 unspecified atom stereocenters. The Hall–Kier alpha value is -2.00. The number of aldehydes is 1. The summed E-state index contributed by atoms with van der Waals surface area (Å²) in [6.45, 7) is 3.50. The van der Waals surface area contributed by atoms with Crippen molar-refractivity contribution in [3.8, 4) is 11.5 Å². The number of thioether (sulfide) groups is 2. The highest BCUT2D eigenvalue weighted by atomic mass is 32.2. The first kappa shape index (κ1) is 24.0. The lowest BCUT2D eigenvalue weighted by Crippen LogP contribution is -2.01. The summed E-state index contributed by atoms with van der Waals surface area (Å²) in [5.74, 6) is 1.79. The van der Waals surface area contributed by atoms with Gasteiger partial charge < -0.3 is 24.7 Å². The number of hydrogen-bond acceptors (Lipinski definition) is 8. The molecular formula is C20H26N2O4S2. The van der Waals surface area contributed by atoms with Crippen LogP contribution in [0.2, 0.25) is 0 Å². The normalized spacial score (nSPS) is 11.0. The summed E-state index contributed by atoms with van der Waals surface area (Å²) in [6.07, 6.45) is 2.38. The lowest BCUT2D eigenvalue weighted by atomic mass is 10.1. The highest BCUT2D eigenvalue weighted by Crippen LogP contribution is 2.39. The SMILES string of the molecule is C=Nc1cc(OC)c(OC)cc1SCN.COC(C=O)c1ccc(SC)cc1. The van der Waals surface area contributed by atoms with Crippen LogP contribution in [0.4, 0.5) is 5.69 Å². The number of methoxy groups -OCH3 is 3. The molecule has 8 heteroatoms. The molecule has 0 aliphatic carbocycles. The fourth-order valence-corrected chi connectivity index (χ4v) is 3.29. The molecule has 0 amide bonds. The zero-order valence-corrected chi connectivity index (χ0v) is 18.1. The third kappa shape index (κ3) is 6.87. The van der Waals surface area contributed by atoms with Crippen molar-refractivity contribution in [2.24, 2.45) is 10.7 Å². The Balaban J connectivity index is 0.000000283. The maximum Gasteiger partial charge on any atom is 0.162 e. The Morgan fingerprint density at radius 2 is 1.75 bits per heavy atom. The second-order valence-corrected chi connectivity index (χ2v) is 7.15. The van der Waals surface area contributed by atoms with Crippen LogP contribution in [0.15, 0.2) is 51.2 Å². The number of carbonyl (C=O) groups is 1. The minimum absolute atomic E-state index is 0.434. The molecule has 1 atom stereocenters. The van der Waals surface area contributed by atoms with Crippen LogP contribution in [-0.4, -0.2) is 46.5 Å². The van der Waals surface area contributed by atoms with Gasteiger partial charge in [0, 0.05) is 28.8 Å². The van der Waals surface area contributed by atoms with E-state index < -0.39 is 6.10 Å². The van der Waals surface area contributed by atoms with Crippen molar-refractivity contribution in [3.63, 3.8) is 0 Å². The van der Waals surface area contributed by atoms with E-state index in [4.69, 9.17) is 19.9 Å². The molecule has 0 fully saturated rings. The van der Waals surface area contributed by atoms with Crippen LogP contribution < -0.4 is 15.2 Å². The number of nitrogens with two attached hydrogens (primary N) is 1. The van der Waals surface area contributed by atoms with Gasteiger partial charge in [-0.1, -0.05) is 12.1 Å². The van der Waals surface area contributed by atoms with Crippen molar-refractivity contribution in [2.75, 3.05) is 33.5 Å². The Morgan fingerprint density at radius 3 is 2.18 bits per heavy atom. The third-order valence-electron chi connectivity index (χ3n) is 3.70. The summed E-state index contributed by atoms with van der Waals surface area (Å²) in [5, 5.41) is 0. The smallest absolute Gasteiger partial charge is 0.162 e. The van der Waals surface area contributed by atoms with Crippen LogP contribution in [0.5, 0.6) is 11.5 Å². The van der Waals surface area contributed by atoms with E-state index in [1.165, 1.54) is 23.8 Å². The first-order valence-corrected chi connectivity index (χ1v) is 10.5. The van der Waals surface area contributed by atoms with E-state index in [9.17, 15) is 4.79 Å². The number of nitrogens with zero attached hydrogens (tertiary/aromatic N) is 1. The number of benzene rings is 2. The maximum absolute atomic E-state index is 10.6. The predicted octanol–water partition coefficient (Wildman–Crippen LogP) is 4.34. The molecule has 0 saturated heterocycles. The molecule has 2 rings (SSSR count). The Kier molecular flexibility index (Phi) is 11.4. The number of aliphatic imine (C=N–C) groups is 1. The second kappa shape index (κ2) is 13.2. The minimum Gasteiger partial charge on any atom is -0.493 e. The average molecular weight is 423 g/mol. The van der Waals surface area contributed by atoms with Crippen LogP contribution in [0, 0.1) is 0 Å². The standard InChI is InChI=1S/C10H14N2O2S.C10H12O2S/c1-12-7-4-8(13-2)9(14-3)5-10(7)15-6-11;1-12-10(7-11)8-3-5-9(13-2)6-4-8/h4-5H,1,6,11H2,2-3H3;3-7,10H,1-2H3. The fraction of sp³-hybridized carbons (Fsp3) is 0.300. The summed E-state index contributed by atoms with van der Waals surface area (Å²) in [7, 11) is 4.71. The van der Waals surface area contributed by atoms with E-state index in [1.54, 1.807) is 32.0 Å². The number of carbonyl (C=O) groups excluding carboxylic acids is 1. The lowest BCUT2D eigenvalue weighted by molar-refractivity contribution is -0.116. The van der Waals surface area contributed by atoms with E-state index in [0.29, 0.717) is 17.4 Å². The molecule has 0 bridgehead atoms. The largest absolute Gasteiger partial charge is 0.493 e. The van der Waals surface area contributed by atoms with Crippen LogP contribution in [-0.2, 0) is 9.53 Å². The summed E-state index contributed by atoms with van der Waals surface area (Å²) in [6, 6.07) is 11.4. The summed E-state index contributed by atoms with van der Waals surface area (Å²) < 4.78 is 15.3. The van der Waals surface area contributed by atoms with Gasteiger partial charge in [0.25, 0.3) is 0 Å². The highest BCUT2D eigenvalue weighted by Gasteiger charge is 2.10. The zero-order chi connectivity index (χ0) is 20.9.